The fourth-order valence-corrected chi connectivity index (χ4v) is 4.78. The molecule has 2 aliphatic carbocycles. The SMILES string of the molecule is O=C(CC1CC2CCC1C2)N1CCCCC1CCl. The zero-order chi connectivity index (χ0) is 12.5. The third-order valence-electron chi connectivity index (χ3n) is 5.45. The van der Waals surface area contributed by atoms with Crippen molar-refractivity contribution < 1.29 is 4.79 Å². The predicted octanol–water partition coefficient (Wildman–Crippen LogP) is 3.43. The van der Waals surface area contributed by atoms with Crippen LogP contribution in [0.15, 0.2) is 0 Å². The summed E-state index contributed by atoms with van der Waals surface area (Å²) in [6, 6.07) is 0.312. The minimum atomic E-state index is 0.312. The first-order chi connectivity index (χ1) is 8.78. The molecule has 3 rings (SSSR count). The van der Waals surface area contributed by atoms with Crippen LogP contribution in [0.25, 0.3) is 0 Å². The summed E-state index contributed by atoms with van der Waals surface area (Å²) in [5, 5.41) is 0. The third-order valence-corrected chi connectivity index (χ3v) is 5.80. The average molecular weight is 270 g/mol. The number of carbonyl (C=O) groups is 1. The molecule has 0 spiro atoms. The Kier molecular flexibility index (Phi) is 3.83. The van der Waals surface area contributed by atoms with Crippen LogP contribution in [0.4, 0.5) is 0 Å². The van der Waals surface area contributed by atoms with E-state index >= 15 is 0 Å². The van der Waals surface area contributed by atoms with Crippen LogP contribution in [0.5, 0.6) is 0 Å². The molecule has 2 bridgehead atoms. The van der Waals surface area contributed by atoms with Gasteiger partial charge in [-0.3, -0.25) is 4.79 Å². The number of halogens is 1. The van der Waals surface area contributed by atoms with E-state index in [4.69, 9.17) is 11.6 Å². The maximum absolute atomic E-state index is 12.5. The lowest BCUT2D eigenvalue weighted by atomic mass is 9.86. The van der Waals surface area contributed by atoms with E-state index in [1.165, 1.54) is 32.1 Å². The number of amides is 1. The van der Waals surface area contributed by atoms with Crippen molar-refractivity contribution in [2.45, 2.75) is 57.4 Å². The van der Waals surface area contributed by atoms with E-state index in [0.717, 1.165) is 37.6 Å². The number of hydrogen-bond donors (Lipinski definition) is 0. The Morgan fingerprint density at radius 1 is 1.17 bits per heavy atom. The fraction of sp³-hybridized carbons (Fsp3) is 0.933. The molecule has 0 aromatic carbocycles. The van der Waals surface area contributed by atoms with Crippen LogP contribution in [-0.2, 0) is 4.79 Å². The molecule has 4 unspecified atom stereocenters. The van der Waals surface area contributed by atoms with Gasteiger partial charge in [0, 0.05) is 24.9 Å². The number of likely N-dealkylation sites (tertiary alicyclic amines) is 1. The van der Waals surface area contributed by atoms with Gasteiger partial charge < -0.3 is 4.90 Å². The molecule has 3 heteroatoms. The lowest BCUT2D eigenvalue weighted by Gasteiger charge is -2.36. The molecular formula is C15H24ClNO. The van der Waals surface area contributed by atoms with Crippen LogP contribution >= 0.6 is 11.6 Å². The van der Waals surface area contributed by atoms with Crippen molar-refractivity contribution in [3.8, 4) is 0 Å². The Morgan fingerprint density at radius 3 is 2.72 bits per heavy atom. The Hall–Kier alpha value is -0.240. The lowest BCUT2D eigenvalue weighted by Crippen LogP contribution is -2.45. The van der Waals surface area contributed by atoms with Crippen LogP contribution in [0, 0.1) is 17.8 Å². The first kappa shape index (κ1) is 12.8. The molecule has 0 aromatic heterocycles. The number of carbonyl (C=O) groups excluding carboxylic acids is 1. The minimum absolute atomic E-state index is 0.312. The molecular weight excluding hydrogens is 246 g/mol. The quantitative estimate of drug-likeness (QED) is 0.719. The van der Waals surface area contributed by atoms with Crippen LogP contribution in [0.2, 0.25) is 0 Å². The summed E-state index contributed by atoms with van der Waals surface area (Å²) in [5.74, 6) is 3.49. The van der Waals surface area contributed by atoms with Gasteiger partial charge in [-0.1, -0.05) is 6.42 Å². The summed E-state index contributed by atoms with van der Waals surface area (Å²) < 4.78 is 0. The van der Waals surface area contributed by atoms with Gasteiger partial charge in [0.05, 0.1) is 0 Å². The Morgan fingerprint density at radius 2 is 2.06 bits per heavy atom. The topological polar surface area (TPSA) is 20.3 Å². The molecule has 1 aliphatic heterocycles. The summed E-state index contributed by atoms with van der Waals surface area (Å²) in [7, 11) is 0. The van der Waals surface area contributed by atoms with Crippen molar-refractivity contribution in [2.24, 2.45) is 17.8 Å². The zero-order valence-electron chi connectivity index (χ0n) is 11.1. The molecule has 4 atom stereocenters. The van der Waals surface area contributed by atoms with Crippen LogP contribution in [0.3, 0.4) is 0 Å². The van der Waals surface area contributed by atoms with Gasteiger partial charge in [0.1, 0.15) is 0 Å². The smallest absolute Gasteiger partial charge is 0.223 e. The molecule has 3 fully saturated rings. The van der Waals surface area contributed by atoms with Gasteiger partial charge in [-0.25, -0.2) is 0 Å². The predicted molar refractivity (Wildman–Crippen MR) is 73.6 cm³/mol. The highest BCUT2D eigenvalue weighted by molar-refractivity contribution is 6.18. The summed E-state index contributed by atoms with van der Waals surface area (Å²) in [4.78, 5) is 14.6. The standard InChI is InChI=1S/C15H24ClNO/c16-10-14-3-1-2-6-17(14)15(18)9-13-8-11-4-5-12(13)7-11/h11-14H,1-10H2. The number of hydrogen-bond acceptors (Lipinski definition) is 1. The normalized spacial score (nSPS) is 39.3. The average Bonchev–Trinajstić information content (AvgIpc) is 3.01. The molecule has 18 heavy (non-hydrogen) atoms. The van der Waals surface area contributed by atoms with E-state index in [2.05, 4.69) is 4.90 Å². The van der Waals surface area contributed by atoms with Crippen molar-refractivity contribution in [1.29, 1.82) is 0 Å². The largest absolute Gasteiger partial charge is 0.339 e. The summed E-state index contributed by atoms with van der Waals surface area (Å²) in [5.41, 5.74) is 0. The first-order valence-electron chi connectivity index (χ1n) is 7.63. The minimum Gasteiger partial charge on any atom is -0.339 e. The van der Waals surface area contributed by atoms with Crippen molar-refractivity contribution in [1.82, 2.24) is 4.90 Å². The van der Waals surface area contributed by atoms with Crippen LogP contribution in [0.1, 0.15) is 51.4 Å². The van der Waals surface area contributed by atoms with Gasteiger partial charge in [-0.2, -0.15) is 0 Å². The Labute approximate surface area is 115 Å². The van der Waals surface area contributed by atoms with Gasteiger partial charge in [0.2, 0.25) is 5.91 Å². The maximum Gasteiger partial charge on any atom is 0.223 e. The van der Waals surface area contributed by atoms with Gasteiger partial charge in [0.15, 0.2) is 0 Å². The van der Waals surface area contributed by atoms with Crippen LogP contribution in [-0.4, -0.2) is 29.3 Å². The number of alkyl halides is 1. The zero-order valence-corrected chi connectivity index (χ0v) is 11.9. The van der Waals surface area contributed by atoms with E-state index in [0.29, 0.717) is 23.7 Å². The molecule has 3 aliphatic rings. The highest BCUT2D eigenvalue weighted by Crippen LogP contribution is 2.49. The molecule has 1 amide bonds. The summed E-state index contributed by atoms with van der Waals surface area (Å²) in [6.45, 7) is 0.942. The third kappa shape index (κ3) is 2.41. The monoisotopic (exact) mass is 269 g/mol. The van der Waals surface area contributed by atoms with E-state index in [-0.39, 0.29) is 0 Å². The fourth-order valence-electron chi connectivity index (χ4n) is 4.46. The van der Waals surface area contributed by atoms with Crippen molar-refractivity contribution in [3.05, 3.63) is 0 Å². The second-order valence-electron chi connectivity index (χ2n) is 6.53. The molecule has 102 valence electrons. The number of fused-ring (bicyclic) bond motifs is 2. The van der Waals surface area contributed by atoms with E-state index in [9.17, 15) is 4.79 Å². The van der Waals surface area contributed by atoms with Crippen molar-refractivity contribution >= 4 is 17.5 Å². The number of rotatable bonds is 3. The van der Waals surface area contributed by atoms with Gasteiger partial charge in [-0.05, 0) is 56.3 Å². The lowest BCUT2D eigenvalue weighted by molar-refractivity contribution is -0.135. The molecule has 0 aromatic rings. The first-order valence-corrected chi connectivity index (χ1v) is 8.17. The highest BCUT2D eigenvalue weighted by atomic mass is 35.5. The number of nitrogens with zero attached hydrogens (tertiary/aromatic N) is 1. The van der Waals surface area contributed by atoms with E-state index in [1.54, 1.807) is 0 Å². The van der Waals surface area contributed by atoms with Crippen molar-refractivity contribution in [3.63, 3.8) is 0 Å². The van der Waals surface area contributed by atoms with Gasteiger partial charge in [-0.15, -0.1) is 11.6 Å². The molecule has 2 saturated carbocycles. The molecule has 0 N–H and O–H groups in total. The molecule has 0 radical (unpaired) electrons. The summed E-state index contributed by atoms with van der Waals surface area (Å²) in [6.07, 6.45) is 9.81. The van der Waals surface area contributed by atoms with E-state index in [1.807, 2.05) is 0 Å². The Bertz CT molecular complexity index is 320. The van der Waals surface area contributed by atoms with E-state index < -0.39 is 0 Å². The second kappa shape index (κ2) is 5.40. The second-order valence-corrected chi connectivity index (χ2v) is 6.84. The summed E-state index contributed by atoms with van der Waals surface area (Å²) >= 11 is 6.00. The highest BCUT2D eigenvalue weighted by Gasteiger charge is 2.41. The van der Waals surface area contributed by atoms with Crippen molar-refractivity contribution in [2.75, 3.05) is 12.4 Å². The molecule has 1 saturated heterocycles. The molecule has 2 nitrogen and oxygen atoms in total. The molecule has 1 heterocycles. The van der Waals surface area contributed by atoms with Gasteiger partial charge in [0.25, 0.3) is 0 Å². The number of piperidine rings is 1. The van der Waals surface area contributed by atoms with Gasteiger partial charge >= 0.3 is 0 Å². The Balaban J connectivity index is 1.57. The maximum atomic E-state index is 12.5. The van der Waals surface area contributed by atoms with Crippen LogP contribution < -0.4 is 0 Å².